The summed E-state index contributed by atoms with van der Waals surface area (Å²) < 4.78 is 6.40. The average molecular weight is 329 g/mol. The molecule has 3 aliphatic rings. The van der Waals surface area contributed by atoms with E-state index in [0.29, 0.717) is 6.04 Å². The summed E-state index contributed by atoms with van der Waals surface area (Å²) in [6.07, 6.45) is 10.8. The van der Waals surface area contributed by atoms with Crippen LogP contribution in [0.15, 0.2) is 41.4 Å². The van der Waals surface area contributed by atoms with Gasteiger partial charge < -0.3 is 15.0 Å². The highest BCUT2D eigenvalue weighted by Gasteiger charge is 2.46. The van der Waals surface area contributed by atoms with Crippen molar-refractivity contribution in [3.8, 4) is 0 Å². The van der Waals surface area contributed by atoms with Crippen molar-refractivity contribution in [1.82, 2.24) is 10.2 Å². The van der Waals surface area contributed by atoms with E-state index in [1.165, 1.54) is 30.4 Å². The van der Waals surface area contributed by atoms with Crippen LogP contribution in [-0.4, -0.2) is 48.7 Å². The summed E-state index contributed by atoms with van der Waals surface area (Å²) in [6, 6.07) is 1.43. The third-order valence-electron chi connectivity index (χ3n) is 5.53. The lowest BCUT2D eigenvalue weighted by molar-refractivity contribution is 0.0728. The molecule has 2 heterocycles. The highest BCUT2D eigenvalue weighted by molar-refractivity contribution is 5.77. The number of rotatable bonds is 6. The molecule has 0 saturated heterocycles. The van der Waals surface area contributed by atoms with Gasteiger partial charge in [-0.3, -0.25) is 0 Å². The molecule has 2 aliphatic heterocycles. The number of aliphatic imine (C=N–C) groups is 1. The molecule has 0 aromatic heterocycles. The van der Waals surface area contributed by atoms with Crippen molar-refractivity contribution in [2.24, 2.45) is 4.99 Å². The summed E-state index contributed by atoms with van der Waals surface area (Å²) in [5.41, 5.74) is 2.49. The Morgan fingerprint density at radius 3 is 2.96 bits per heavy atom. The van der Waals surface area contributed by atoms with Crippen LogP contribution in [0, 0.1) is 0 Å². The normalized spacial score (nSPS) is 29.8. The van der Waals surface area contributed by atoms with E-state index in [2.05, 4.69) is 30.3 Å². The van der Waals surface area contributed by atoms with Crippen LogP contribution in [0.3, 0.4) is 0 Å². The van der Waals surface area contributed by atoms with Crippen molar-refractivity contribution in [2.75, 3.05) is 26.2 Å². The van der Waals surface area contributed by atoms with E-state index in [1.54, 1.807) is 0 Å². The molecular formula is C20H31N3O. The first-order chi connectivity index (χ1) is 11.7. The fraction of sp³-hybridized carbons (Fsp3) is 0.650. The Morgan fingerprint density at radius 1 is 1.38 bits per heavy atom. The van der Waals surface area contributed by atoms with E-state index in [4.69, 9.17) is 9.73 Å². The summed E-state index contributed by atoms with van der Waals surface area (Å²) in [7, 11) is 0. The zero-order valence-corrected chi connectivity index (χ0v) is 15.0. The summed E-state index contributed by atoms with van der Waals surface area (Å²) >= 11 is 0. The molecule has 1 spiro atoms. The Kier molecular flexibility index (Phi) is 5.44. The van der Waals surface area contributed by atoms with Gasteiger partial charge in [-0.2, -0.15) is 0 Å². The number of ether oxygens (including phenoxy) is 1. The first-order valence-corrected chi connectivity index (χ1v) is 9.38. The second kappa shape index (κ2) is 7.56. The topological polar surface area (TPSA) is 36.9 Å². The van der Waals surface area contributed by atoms with Gasteiger partial charge in [0, 0.05) is 25.6 Å². The number of nitrogens with one attached hydrogen (secondary N) is 1. The van der Waals surface area contributed by atoms with E-state index < -0.39 is 0 Å². The molecule has 4 nitrogen and oxygen atoms in total. The maximum absolute atomic E-state index is 6.40. The first kappa shape index (κ1) is 17.3. The molecule has 1 N–H and O–H groups in total. The lowest BCUT2D eigenvalue weighted by atomic mass is 10.0. The number of hydrogen-bond donors (Lipinski definition) is 1. The first-order valence-electron chi connectivity index (χ1n) is 9.38. The van der Waals surface area contributed by atoms with Crippen LogP contribution in [0.4, 0.5) is 0 Å². The lowest BCUT2D eigenvalue weighted by Gasteiger charge is -2.32. The molecule has 0 radical (unpaired) electrons. The largest absolute Gasteiger partial charge is 0.456 e. The van der Waals surface area contributed by atoms with Gasteiger partial charge in [-0.15, -0.1) is 0 Å². The number of unbranched alkanes of at least 4 members (excludes halogenated alkanes) is 1. The van der Waals surface area contributed by atoms with Gasteiger partial charge in [-0.1, -0.05) is 38.7 Å². The standard InChI is InChI=1S/C20H31N3O/c1-4-7-11-21-18-8-10-20(13-18)15-22-19(24-20)23-12-9-16(5-2)17(6-3)14-23/h5-6,18,21H,2-4,7-15H2,1H3. The highest BCUT2D eigenvalue weighted by atomic mass is 16.5. The third kappa shape index (κ3) is 3.59. The van der Waals surface area contributed by atoms with Crippen LogP contribution in [0.2, 0.25) is 0 Å². The minimum absolute atomic E-state index is 0.0595. The monoisotopic (exact) mass is 329 g/mol. The molecule has 24 heavy (non-hydrogen) atoms. The fourth-order valence-electron chi connectivity index (χ4n) is 4.01. The van der Waals surface area contributed by atoms with Gasteiger partial charge in [0.1, 0.15) is 5.60 Å². The molecule has 2 unspecified atom stereocenters. The van der Waals surface area contributed by atoms with E-state index in [9.17, 15) is 0 Å². The summed E-state index contributed by atoms with van der Waals surface area (Å²) in [4.78, 5) is 7.02. The third-order valence-corrected chi connectivity index (χ3v) is 5.53. The van der Waals surface area contributed by atoms with Crippen LogP contribution < -0.4 is 5.32 Å². The van der Waals surface area contributed by atoms with Gasteiger partial charge in [-0.25, -0.2) is 4.99 Å². The molecule has 4 heteroatoms. The van der Waals surface area contributed by atoms with Crippen LogP contribution in [-0.2, 0) is 4.74 Å². The lowest BCUT2D eigenvalue weighted by Crippen LogP contribution is -2.41. The van der Waals surface area contributed by atoms with E-state index >= 15 is 0 Å². The van der Waals surface area contributed by atoms with Crippen LogP contribution in [0.1, 0.15) is 45.4 Å². The van der Waals surface area contributed by atoms with Crippen molar-refractivity contribution in [3.05, 3.63) is 36.5 Å². The molecular weight excluding hydrogens is 298 g/mol. The number of allylic oxidation sites excluding steroid dienone is 1. The molecule has 1 aliphatic carbocycles. The SMILES string of the molecule is C=CC1=C(C=C)CN(C2=NCC3(CCC(NCCCC)C3)O2)CC1. The van der Waals surface area contributed by atoms with E-state index in [1.807, 2.05) is 12.2 Å². The number of amidine groups is 1. The van der Waals surface area contributed by atoms with Gasteiger partial charge >= 0.3 is 0 Å². The molecule has 0 amide bonds. The number of hydrogen-bond acceptors (Lipinski definition) is 4. The molecule has 0 aromatic rings. The van der Waals surface area contributed by atoms with Crippen LogP contribution >= 0.6 is 0 Å². The molecule has 0 bridgehead atoms. The Labute approximate surface area is 146 Å². The minimum Gasteiger partial charge on any atom is -0.456 e. The molecule has 1 saturated carbocycles. The predicted molar refractivity (Wildman–Crippen MR) is 100 cm³/mol. The van der Waals surface area contributed by atoms with E-state index in [0.717, 1.165) is 51.5 Å². The van der Waals surface area contributed by atoms with Gasteiger partial charge in [0.25, 0.3) is 6.02 Å². The number of nitrogens with zero attached hydrogens (tertiary/aromatic N) is 2. The Balaban J connectivity index is 1.55. The van der Waals surface area contributed by atoms with E-state index in [-0.39, 0.29) is 5.60 Å². The molecule has 3 rings (SSSR count). The van der Waals surface area contributed by atoms with Gasteiger partial charge in [0.2, 0.25) is 0 Å². The summed E-state index contributed by atoms with van der Waals surface area (Å²) in [6.45, 7) is 13.8. The Hall–Kier alpha value is -1.55. The second-order valence-electron chi connectivity index (χ2n) is 7.26. The maximum atomic E-state index is 6.40. The van der Waals surface area contributed by atoms with Gasteiger partial charge in [0.15, 0.2) is 0 Å². The predicted octanol–water partition coefficient (Wildman–Crippen LogP) is 3.43. The molecule has 0 aromatic carbocycles. The highest BCUT2D eigenvalue weighted by Crippen LogP contribution is 2.38. The zero-order chi connectivity index (χ0) is 17.0. The summed E-state index contributed by atoms with van der Waals surface area (Å²) in [5, 5.41) is 3.68. The minimum atomic E-state index is -0.0595. The smallest absolute Gasteiger partial charge is 0.288 e. The van der Waals surface area contributed by atoms with Crippen molar-refractivity contribution in [3.63, 3.8) is 0 Å². The van der Waals surface area contributed by atoms with Crippen LogP contribution in [0.25, 0.3) is 0 Å². The van der Waals surface area contributed by atoms with Gasteiger partial charge in [0.05, 0.1) is 6.54 Å². The zero-order valence-electron chi connectivity index (χ0n) is 15.0. The van der Waals surface area contributed by atoms with Crippen molar-refractivity contribution >= 4 is 6.02 Å². The van der Waals surface area contributed by atoms with Crippen molar-refractivity contribution < 1.29 is 4.74 Å². The molecule has 1 fully saturated rings. The van der Waals surface area contributed by atoms with Crippen molar-refractivity contribution in [2.45, 2.75) is 57.1 Å². The molecule has 132 valence electrons. The molecule has 2 atom stereocenters. The second-order valence-corrected chi connectivity index (χ2v) is 7.26. The Bertz CT molecular complexity index is 551. The Morgan fingerprint density at radius 2 is 2.21 bits per heavy atom. The van der Waals surface area contributed by atoms with Crippen LogP contribution in [0.5, 0.6) is 0 Å². The van der Waals surface area contributed by atoms with Crippen molar-refractivity contribution in [1.29, 1.82) is 0 Å². The maximum Gasteiger partial charge on any atom is 0.288 e. The quantitative estimate of drug-likeness (QED) is 0.759. The fourth-order valence-corrected chi connectivity index (χ4v) is 4.01. The average Bonchev–Trinajstić information content (AvgIpc) is 3.21. The summed E-state index contributed by atoms with van der Waals surface area (Å²) in [5.74, 6) is 0. The van der Waals surface area contributed by atoms with Gasteiger partial charge in [-0.05, 0) is 43.4 Å².